The minimum atomic E-state index is -3.57. The molecule has 0 spiro atoms. The van der Waals surface area contributed by atoms with Crippen molar-refractivity contribution in [1.29, 1.82) is 0 Å². The monoisotopic (exact) mass is 393 g/mol. The number of hydrogen-bond donors (Lipinski definition) is 2. The standard InChI is InChI=1S/C18H23N3O3S2/c1-18(2,19)17(22)21-8-7-13-10-16(6-5-14(13)12-21)26(23,24)20-11-15-4-3-9-25-15/h3-6,9-10,20H,7-8,11-12,19H2,1-2H3. The van der Waals surface area contributed by atoms with Crippen LogP contribution in [0.2, 0.25) is 0 Å². The molecule has 0 fully saturated rings. The predicted octanol–water partition coefficient (Wildman–Crippen LogP) is 1.85. The van der Waals surface area contributed by atoms with Crippen molar-refractivity contribution in [2.75, 3.05) is 6.54 Å². The number of amides is 1. The Morgan fingerprint density at radius 2 is 2.08 bits per heavy atom. The lowest BCUT2D eigenvalue weighted by Gasteiger charge is -2.33. The molecule has 0 saturated carbocycles. The lowest BCUT2D eigenvalue weighted by Crippen LogP contribution is -2.52. The van der Waals surface area contributed by atoms with Crippen molar-refractivity contribution >= 4 is 27.3 Å². The van der Waals surface area contributed by atoms with Gasteiger partial charge in [0, 0.05) is 24.5 Å². The second-order valence-corrected chi connectivity index (χ2v) is 9.83. The maximum absolute atomic E-state index is 12.5. The molecular weight excluding hydrogens is 370 g/mol. The molecule has 2 heterocycles. The molecule has 0 radical (unpaired) electrons. The lowest BCUT2D eigenvalue weighted by molar-refractivity contribution is -0.136. The highest BCUT2D eigenvalue weighted by atomic mass is 32.2. The smallest absolute Gasteiger partial charge is 0.242 e. The highest BCUT2D eigenvalue weighted by molar-refractivity contribution is 7.89. The molecule has 3 rings (SSSR count). The molecular formula is C18H23N3O3S2. The Bertz CT molecular complexity index is 900. The molecule has 0 unspecified atom stereocenters. The average Bonchev–Trinajstić information content (AvgIpc) is 3.11. The minimum Gasteiger partial charge on any atom is -0.336 e. The van der Waals surface area contributed by atoms with Crippen LogP contribution in [0.15, 0.2) is 40.6 Å². The molecule has 0 saturated heterocycles. The van der Waals surface area contributed by atoms with Crippen LogP contribution >= 0.6 is 11.3 Å². The SMILES string of the molecule is CC(C)(N)C(=O)N1CCc2cc(S(=O)(=O)NCc3cccs3)ccc2C1. The van der Waals surface area contributed by atoms with Crippen LogP contribution in [-0.2, 0) is 34.3 Å². The molecule has 0 aliphatic carbocycles. The number of nitrogens with one attached hydrogen (secondary N) is 1. The summed E-state index contributed by atoms with van der Waals surface area (Å²) in [6, 6.07) is 8.88. The molecule has 2 aromatic rings. The predicted molar refractivity (Wildman–Crippen MR) is 102 cm³/mol. The molecule has 0 atom stereocenters. The average molecular weight is 394 g/mol. The normalized spacial score (nSPS) is 15.0. The number of carbonyl (C=O) groups is 1. The number of thiophene rings is 1. The maximum atomic E-state index is 12.5. The third-order valence-electron chi connectivity index (χ3n) is 4.36. The van der Waals surface area contributed by atoms with E-state index in [9.17, 15) is 13.2 Å². The minimum absolute atomic E-state index is 0.0996. The van der Waals surface area contributed by atoms with E-state index in [1.807, 2.05) is 17.5 Å². The highest BCUT2D eigenvalue weighted by Gasteiger charge is 2.30. The fourth-order valence-electron chi connectivity index (χ4n) is 2.94. The molecule has 1 aromatic heterocycles. The molecule has 6 nitrogen and oxygen atoms in total. The number of carbonyl (C=O) groups excluding carboxylic acids is 1. The van der Waals surface area contributed by atoms with E-state index in [0.717, 1.165) is 16.0 Å². The van der Waals surface area contributed by atoms with Crippen LogP contribution < -0.4 is 10.5 Å². The summed E-state index contributed by atoms with van der Waals surface area (Å²) < 4.78 is 27.7. The van der Waals surface area contributed by atoms with E-state index in [2.05, 4.69) is 4.72 Å². The van der Waals surface area contributed by atoms with Crippen molar-refractivity contribution in [1.82, 2.24) is 9.62 Å². The molecule has 0 bridgehead atoms. The first-order chi connectivity index (χ1) is 12.2. The Morgan fingerprint density at radius 3 is 2.73 bits per heavy atom. The van der Waals surface area contributed by atoms with Crippen LogP contribution in [0.3, 0.4) is 0 Å². The summed E-state index contributed by atoms with van der Waals surface area (Å²) in [6.07, 6.45) is 0.617. The number of nitrogens with zero attached hydrogens (tertiary/aromatic N) is 1. The fraction of sp³-hybridized carbons (Fsp3) is 0.389. The van der Waals surface area contributed by atoms with Gasteiger partial charge >= 0.3 is 0 Å². The van der Waals surface area contributed by atoms with Gasteiger partial charge in [0.05, 0.1) is 10.4 Å². The molecule has 3 N–H and O–H groups in total. The molecule has 1 aromatic carbocycles. The van der Waals surface area contributed by atoms with E-state index in [-0.39, 0.29) is 17.3 Å². The van der Waals surface area contributed by atoms with Gasteiger partial charge in [-0.05, 0) is 55.0 Å². The van der Waals surface area contributed by atoms with Crippen molar-refractivity contribution in [3.05, 3.63) is 51.7 Å². The Labute approximate surface area is 158 Å². The summed E-state index contributed by atoms with van der Waals surface area (Å²) in [5.41, 5.74) is 6.92. The van der Waals surface area contributed by atoms with Gasteiger partial charge in [-0.15, -0.1) is 11.3 Å². The van der Waals surface area contributed by atoms with Gasteiger partial charge in [-0.1, -0.05) is 12.1 Å². The van der Waals surface area contributed by atoms with Crippen LogP contribution in [0.1, 0.15) is 29.9 Å². The largest absolute Gasteiger partial charge is 0.336 e. The van der Waals surface area contributed by atoms with Crippen molar-refractivity contribution in [2.45, 2.75) is 43.8 Å². The summed E-state index contributed by atoms with van der Waals surface area (Å²) >= 11 is 1.51. The zero-order valence-corrected chi connectivity index (χ0v) is 16.5. The Balaban J connectivity index is 1.75. The maximum Gasteiger partial charge on any atom is 0.242 e. The van der Waals surface area contributed by atoms with Gasteiger partial charge < -0.3 is 10.6 Å². The fourth-order valence-corrected chi connectivity index (χ4v) is 4.73. The van der Waals surface area contributed by atoms with E-state index < -0.39 is 15.6 Å². The van der Waals surface area contributed by atoms with Crippen LogP contribution in [0.4, 0.5) is 0 Å². The van der Waals surface area contributed by atoms with Gasteiger partial charge in [-0.3, -0.25) is 4.79 Å². The first-order valence-electron chi connectivity index (χ1n) is 8.39. The summed E-state index contributed by atoms with van der Waals surface area (Å²) in [7, 11) is -3.57. The van der Waals surface area contributed by atoms with Crippen molar-refractivity contribution in [3.63, 3.8) is 0 Å². The summed E-state index contributed by atoms with van der Waals surface area (Å²) in [5, 5.41) is 1.91. The van der Waals surface area contributed by atoms with Gasteiger partial charge in [-0.25, -0.2) is 13.1 Å². The Kier molecular flexibility index (Phi) is 5.21. The number of nitrogens with two attached hydrogens (primary N) is 1. The second-order valence-electron chi connectivity index (χ2n) is 7.03. The van der Waals surface area contributed by atoms with Crippen LogP contribution in [0.5, 0.6) is 0 Å². The van der Waals surface area contributed by atoms with Gasteiger partial charge in [-0.2, -0.15) is 0 Å². The molecule has 140 valence electrons. The van der Waals surface area contributed by atoms with Crippen molar-refractivity contribution in [2.24, 2.45) is 5.73 Å². The zero-order chi connectivity index (χ0) is 18.9. The Hall–Kier alpha value is -1.74. The molecule has 1 amide bonds. The van der Waals surface area contributed by atoms with Gasteiger partial charge in [0.25, 0.3) is 0 Å². The molecule has 1 aliphatic heterocycles. The van der Waals surface area contributed by atoms with Crippen LogP contribution in [-0.4, -0.2) is 31.3 Å². The third-order valence-corrected chi connectivity index (χ3v) is 6.63. The second kappa shape index (κ2) is 7.11. The number of sulfonamides is 1. The van der Waals surface area contributed by atoms with E-state index in [0.29, 0.717) is 19.5 Å². The first kappa shape index (κ1) is 19.0. The molecule has 8 heteroatoms. The quantitative estimate of drug-likeness (QED) is 0.811. The Morgan fingerprint density at radius 1 is 1.31 bits per heavy atom. The van der Waals surface area contributed by atoms with Gasteiger partial charge in [0.15, 0.2) is 0 Å². The first-order valence-corrected chi connectivity index (χ1v) is 10.8. The van der Waals surface area contributed by atoms with Crippen LogP contribution in [0.25, 0.3) is 0 Å². The van der Waals surface area contributed by atoms with Gasteiger partial charge in [0.2, 0.25) is 15.9 Å². The topological polar surface area (TPSA) is 92.5 Å². The van der Waals surface area contributed by atoms with E-state index >= 15 is 0 Å². The number of fused-ring (bicyclic) bond motifs is 1. The zero-order valence-electron chi connectivity index (χ0n) is 14.9. The summed E-state index contributed by atoms with van der Waals surface area (Å²) in [6.45, 7) is 4.67. The third kappa shape index (κ3) is 4.15. The number of benzene rings is 1. The van der Waals surface area contributed by atoms with E-state index in [1.165, 1.54) is 11.3 Å². The summed E-state index contributed by atoms with van der Waals surface area (Å²) in [5.74, 6) is -0.0996. The van der Waals surface area contributed by atoms with Crippen molar-refractivity contribution < 1.29 is 13.2 Å². The highest BCUT2D eigenvalue weighted by Crippen LogP contribution is 2.24. The lowest BCUT2D eigenvalue weighted by atomic mass is 9.97. The van der Waals surface area contributed by atoms with Crippen molar-refractivity contribution in [3.8, 4) is 0 Å². The van der Waals surface area contributed by atoms with Crippen LogP contribution in [0, 0.1) is 0 Å². The van der Waals surface area contributed by atoms with Gasteiger partial charge in [0.1, 0.15) is 0 Å². The number of rotatable bonds is 5. The molecule has 26 heavy (non-hydrogen) atoms. The number of hydrogen-bond acceptors (Lipinski definition) is 5. The molecule has 1 aliphatic rings. The van der Waals surface area contributed by atoms with E-state index in [1.54, 1.807) is 36.9 Å². The summed E-state index contributed by atoms with van der Waals surface area (Å²) in [4.78, 5) is 15.3. The van der Waals surface area contributed by atoms with E-state index in [4.69, 9.17) is 5.73 Å².